The lowest BCUT2D eigenvalue weighted by atomic mass is 9.97. The summed E-state index contributed by atoms with van der Waals surface area (Å²) in [4.78, 5) is 8.41. The molecule has 0 aliphatic rings. The van der Waals surface area contributed by atoms with Crippen LogP contribution in [-0.4, -0.2) is 22.4 Å². The second kappa shape index (κ2) is 4.96. The largest absolute Gasteiger partial charge is 0.471 e. The molecule has 6 heteroatoms. The van der Waals surface area contributed by atoms with Crippen molar-refractivity contribution in [3.05, 3.63) is 48.2 Å². The number of pyridine rings is 2. The van der Waals surface area contributed by atoms with Gasteiger partial charge in [-0.05, 0) is 24.4 Å². The predicted octanol–water partition coefficient (Wildman–Crippen LogP) is 0.945. The zero-order valence-corrected chi connectivity index (χ0v) is 11.3. The van der Waals surface area contributed by atoms with Gasteiger partial charge in [-0.2, -0.15) is 4.98 Å². The maximum absolute atomic E-state index is 12.8. The Bertz CT molecular complexity index is 755. The van der Waals surface area contributed by atoms with E-state index < -0.39 is 0 Å². The molecule has 3 rings (SSSR count). The van der Waals surface area contributed by atoms with E-state index in [4.69, 9.17) is 4.74 Å². The molecule has 0 saturated heterocycles. The Morgan fingerprint density at radius 3 is 2.90 bits per heavy atom. The molecule has 3 heterocycles. The van der Waals surface area contributed by atoms with Gasteiger partial charge in [0.1, 0.15) is 25.9 Å². The summed E-state index contributed by atoms with van der Waals surface area (Å²) in [5.74, 6) is 0.178. The van der Waals surface area contributed by atoms with E-state index in [2.05, 4.69) is 9.97 Å². The topological polar surface area (TPSA) is 39.9 Å². The molecule has 0 aliphatic heterocycles. The van der Waals surface area contributed by atoms with Gasteiger partial charge < -0.3 is 9.30 Å². The molecule has 3 aromatic heterocycles. The third-order valence-electron chi connectivity index (χ3n) is 3.15. The molecular formula is C14H13BFN3O. The first-order valence-electron chi connectivity index (χ1n) is 6.29. The quantitative estimate of drug-likeness (QED) is 0.664. The van der Waals surface area contributed by atoms with Crippen LogP contribution in [0.4, 0.5) is 4.39 Å². The first kappa shape index (κ1) is 12.7. The molecule has 0 fully saturated rings. The molecule has 0 N–H and O–H groups in total. The minimum atomic E-state index is -0.354. The minimum absolute atomic E-state index is 0.266. The van der Waals surface area contributed by atoms with Crippen molar-refractivity contribution >= 4 is 24.3 Å². The van der Waals surface area contributed by atoms with Crippen LogP contribution < -0.4 is 10.2 Å². The average Bonchev–Trinajstić information content (AvgIpc) is 2.73. The molecule has 0 atom stereocenters. The summed E-state index contributed by atoms with van der Waals surface area (Å²) in [6, 6.07) is 6.79. The number of nitrogens with zero attached hydrogens (tertiary/aromatic N) is 3. The van der Waals surface area contributed by atoms with Gasteiger partial charge in [0.2, 0.25) is 5.88 Å². The molecule has 0 unspecified atom stereocenters. The summed E-state index contributed by atoms with van der Waals surface area (Å²) in [7, 11) is 4.00. The van der Waals surface area contributed by atoms with E-state index in [9.17, 15) is 4.39 Å². The second-order valence-electron chi connectivity index (χ2n) is 4.70. The van der Waals surface area contributed by atoms with E-state index in [1.54, 1.807) is 6.07 Å². The van der Waals surface area contributed by atoms with E-state index in [-0.39, 0.29) is 12.4 Å². The van der Waals surface area contributed by atoms with Crippen LogP contribution in [0.25, 0.3) is 11.0 Å². The summed E-state index contributed by atoms with van der Waals surface area (Å²) >= 11 is 0. The lowest BCUT2D eigenvalue weighted by Gasteiger charge is -2.05. The Balaban J connectivity index is 1.80. The fourth-order valence-electron chi connectivity index (χ4n) is 2.15. The number of fused-ring (bicyclic) bond motifs is 1. The summed E-state index contributed by atoms with van der Waals surface area (Å²) < 4.78 is 20.3. The maximum atomic E-state index is 12.8. The van der Waals surface area contributed by atoms with Crippen molar-refractivity contribution in [2.75, 3.05) is 0 Å². The van der Waals surface area contributed by atoms with Gasteiger partial charge in [-0.1, -0.05) is 5.46 Å². The molecule has 0 spiro atoms. The third kappa shape index (κ3) is 2.36. The summed E-state index contributed by atoms with van der Waals surface area (Å²) in [6.07, 6.45) is 3.21. The number of aromatic nitrogens is 3. The highest BCUT2D eigenvalue weighted by atomic mass is 19.1. The number of ether oxygens (including phenoxy) is 1. The Labute approximate surface area is 116 Å². The number of rotatable bonds is 3. The standard InChI is InChI=1S/C14H13BFN3O/c1-19-7-12(15)11-4-5-13(18-14(11)19)20-8-10-3-2-9(16)6-17-10/h2-7H,8,15H2,1H3. The van der Waals surface area contributed by atoms with Crippen LogP contribution in [0.15, 0.2) is 36.7 Å². The molecule has 0 saturated carbocycles. The highest BCUT2D eigenvalue weighted by Crippen LogP contribution is 2.16. The molecule has 3 aromatic rings. The van der Waals surface area contributed by atoms with Crippen LogP contribution in [0.2, 0.25) is 0 Å². The Hall–Kier alpha value is -2.37. The third-order valence-corrected chi connectivity index (χ3v) is 3.15. The van der Waals surface area contributed by atoms with Crippen LogP contribution in [0.3, 0.4) is 0 Å². The van der Waals surface area contributed by atoms with Crippen molar-refractivity contribution in [2.24, 2.45) is 7.05 Å². The van der Waals surface area contributed by atoms with Crippen LogP contribution in [0, 0.1) is 5.82 Å². The fourth-order valence-corrected chi connectivity index (χ4v) is 2.15. The van der Waals surface area contributed by atoms with Crippen LogP contribution in [-0.2, 0) is 13.7 Å². The first-order valence-corrected chi connectivity index (χ1v) is 6.29. The SMILES string of the molecule is Bc1cn(C)c2nc(OCc3ccc(F)cn3)ccc12. The molecule has 0 aromatic carbocycles. The van der Waals surface area contributed by atoms with Crippen molar-refractivity contribution in [2.45, 2.75) is 6.61 Å². The molecule has 0 radical (unpaired) electrons. The molecule has 0 aliphatic carbocycles. The number of hydrogen-bond acceptors (Lipinski definition) is 3. The number of aryl methyl sites for hydroxylation is 1. The first-order chi connectivity index (χ1) is 9.63. The van der Waals surface area contributed by atoms with Crippen LogP contribution in [0.5, 0.6) is 5.88 Å². The Morgan fingerprint density at radius 1 is 1.30 bits per heavy atom. The highest BCUT2D eigenvalue weighted by Gasteiger charge is 2.06. The van der Waals surface area contributed by atoms with Crippen LogP contribution in [0.1, 0.15) is 5.69 Å². The lowest BCUT2D eigenvalue weighted by molar-refractivity contribution is 0.290. The maximum Gasteiger partial charge on any atom is 0.215 e. The van der Waals surface area contributed by atoms with Crippen LogP contribution >= 0.6 is 0 Å². The fraction of sp³-hybridized carbons (Fsp3) is 0.143. The van der Waals surface area contributed by atoms with Crippen molar-refractivity contribution < 1.29 is 9.13 Å². The Morgan fingerprint density at radius 2 is 2.15 bits per heavy atom. The smallest absolute Gasteiger partial charge is 0.215 e. The van der Waals surface area contributed by atoms with E-state index in [1.165, 1.54) is 17.7 Å². The molecule has 4 nitrogen and oxygen atoms in total. The summed E-state index contributed by atoms with van der Waals surface area (Å²) in [5.41, 5.74) is 2.73. The molecule has 100 valence electrons. The number of halogens is 1. The number of hydrogen-bond donors (Lipinski definition) is 0. The zero-order valence-electron chi connectivity index (χ0n) is 11.3. The summed E-state index contributed by atoms with van der Waals surface area (Å²) in [5, 5.41) is 1.11. The molecule has 0 bridgehead atoms. The lowest BCUT2D eigenvalue weighted by Crippen LogP contribution is -2.01. The van der Waals surface area contributed by atoms with Gasteiger partial charge in [0, 0.05) is 18.5 Å². The predicted molar refractivity (Wildman–Crippen MR) is 77.4 cm³/mol. The van der Waals surface area contributed by atoms with Crippen molar-refractivity contribution in [3.63, 3.8) is 0 Å². The van der Waals surface area contributed by atoms with Gasteiger partial charge in [0.05, 0.1) is 11.9 Å². The van der Waals surface area contributed by atoms with Gasteiger partial charge in [-0.25, -0.2) is 4.39 Å². The van der Waals surface area contributed by atoms with Crippen molar-refractivity contribution in [3.8, 4) is 5.88 Å². The van der Waals surface area contributed by atoms with Gasteiger partial charge >= 0.3 is 0 Å². The zero-order chi connectivity index (χ0) is 14.1. The molecule has 20 heavy (non-hydrogen) atoms. The monoisotopic (exact) mass is 269 g/mol. The van der Waals surface area contributed by atoms with E-state index in [0.717, 1.165) is 11.0 Å². The van der Waals surface area contributed by atoms with Gasteiger partial charge in [0.15, 0.2) is 0 Å². The molecular weight excluding hydrogens is 256 g/mol. The van der Waals surface area contributed by atoms with Crippen molar-refractivity contribution in [1.82, 2.24) is 14.5 Å². The normalized spacial score (nSPS) is 10.9. The van der Waals surface area contributed by atoms with E-state index in [1.807, 2.05) is 37.8 Å². The molecule has 0 amide bonds. The van der Waals surface area contributed by atoms with Gasteiger partial charge in [-0.3, -0.25) is 4.98 Å². The van der Waals surface area contributed by atoms with E-state index in [0.29, 0.717) is 11.6 Å². The Kier molecular flexibility index (Phi) is 3.14. The summed E-state index contributed by atoms with van der Waals surface area (Å²) in [6.45, 7) is 0.266. The minimum Gasteiger partial charge on any atom is -0.471 e. The second-order valence-corrected chi connectivity index (χ2v) is 4.70. The highest BCUT2D eigenvalue weighted by molar-refractivity contribution is 6.38. The van der Waals surface area contributed by atoms with Crippen molar-refractivity contribution in [1.29, 1.82) is 0 Å². The average molecular weight is 269 g/mol. The van der Waals surface area contributed by atoms with E-state index >= 15 is 0 Å². The van der Waals surface area contributed by atoms with Gasteiger partial charge in [-0.15, -0.1) is 0 Å². The van der Waals surface area contributed by atoms with Gasteiger partial charge in [0.25, 0.3) is 0 Å².